The lowest BCUT2D eigenvalue weighted by molar-refractivity contribution is 0.100. The molecule has 0 saturated heterocycles. The van der Waals surface area contributed by atoms with Crippen LogP contribution in [-0.4, -0.2) is 26.4 Å². The number of nitrogens with zero attached hydrogens (tertiary/aromatic N) is 3. The molecule has 12 heavy (non-hydrogen) atoms. The number of aromatic nitrogens is 4. The lowest BCUT2D eigenvalue weighted by Crippen LogP contribution is -1.93. The molecule has 0 aliphatic rings. The summed E-state index contributed by atoms with van der Waals surface area (Å²) >= 11 is 0. The van der Waals surface area contributed by atoms with Gasteiger partial charge in [-0.1, -0.05) is 27.7 Å². The number of hydrogen-bond acceptors (Lipinski definition) is 4. The van der Waals surface area contributed by atoms with Crippen LogP contribution >= 0.6 is 0 Å². The second-order valence-corrected chi connectivity index (χ2v) is 1.29. The first-order chi connectivity index (χ1) is 5.80. The number of hydrogen-bond donors (Lipinski definition) is 1. The van der Waals surface area contributed by atoms with E-state index in [2.05, 4.69) is 20.6 Å². The number of rotatable bonds is 1. The maximum Gasteiger partial charge on any atom is 0.239 e. The fraction of sp³-hybridized carbons (Fsp3) is 0.714. The molecule has 1 aromatic heterocycles. The first-order valence-electron chi connectivity index (χ1n) is 4.05. The lowest BCUT2D eigenvalue weighted by Gasteiger charge is -1.74. The Morgan fingerprint density at radius 1 is 1.25 bits per heavy atom. The SMILES string of the molecule is CC.CC.CC(=O)c1nn[nH]n1. The fourth-order valence-corrected chi connectivity index (χ4v) is 0.311. The van der Waals surface area contributed by atoms with Crippen LogP contribution in [-0.2, 0) is 0 Å². The summed E-state index contributed by atoms with van der Waals surface area (Å²) in [6, 6.07) is 0. The van der Waals surface area contributed by atoms with Crippen LogP contribution in [0.25, 0.3) is 0 Å². The van der Waals surface area contributed by atoms with E-state index in [1.807, 2.05) is 27.7 Å². The number of carbonyl (C=O) groups excluding carboxylic acids is 1. The van der Waals surface area contributed by atoms with Crippen LogP contribution in [0.4, 0.5) is 0 Å². The van der Waals surface area contributed by atoms with Gasteiger partial charge < -0.3 is 0 Å². The summed E-state index contributed by atoms with van der Waals surface area (Å²) in [5, 5.41) is 12.2. The third-order valence-corrected chi connectivity index (χ3v) is 0.660. The third-order valence-electron chi connectivity index (χ3n) is 0.660. The van der Waals surface area contributed by atoms with Crippen LogP contribution in [0.5, 0.6) is 0 Å². The highest BCUT2D eigenvalue weighted by Crippen LogP contribution is 1.81. The van der Waals surface area contributed by atoms with E-state index in [0.717, 1.165) is 0 Å². The van der Waals surface area contributed by atoms with Crippen molar-refractivity contribution in [2.75, 3.05) is 0 Å². The van der Waals surface area contributed by atoms with Crippen molar-refractivity contribution in [3.63, 3.8) is 0 Å². The number of aromatic amines is 1. The molecule has 0 aliphatic carbocycles. The summed E-state index contributed by atoms with van der Waals surface area (Å²) < 4.78 is 0. The maximum absolute atomic E-state index is 10.3. The molecule has 0 saturated carbocycles. The Balaban J connectivity index is 0. The van der Waals surface area contributed by atoms with Gasteiger partial charge in [-0.3, -0.25) is 4.79 Å². The second kappa shape index (κ2) is 9.74. The molecular formula is C7H16N4O. The molecule has 0 unspecified atom stereocenters. The van der Waals surface area contributed by atoms with Crippen molar-refractivity contribution < 1.29 is 4.79 Å². The molecule has 0 atom stereocenters. The standard InChI is InChI=1S/C3H4N4O.2C2H6/c1-2(8)3-4-6-7-5-3;2*1-2/h1H3,(H,4,5,6,7);2*1-2H3. The molecule has 0 aromatic carbocycles. The van der Waals surface area contributed by atoms with Gasteiger partial charge in [0.25, 0.3) is 0 Å². The Kier molecular flexibility index (Phi) is 10.8. The van der Waals surface area contributed by atoms with E-state index in [4.69, 9.17) is 0 Å². The van der Waals surface area contributed by atoms with E-state index in [1.165, 1.54) is 6.92 Å². The van der Waals surface area contributed by atoms with Crippen LogP contribution in [0.1, 0.15) is 45.2 Å². The zero-order valence-corrected chi connectivity index (χ0v) is 8.25. The Labute approximate surface area is 72.6 Å². The quantitative estimate of drug-likeness (QED) is 0.651. The fourth-order valence-electron chi connectivity index (χ4n) is 0.311. The Hall–Kier alpha value is -1.26. The topological polar surface area (TPSA) is 71.5 Å². The number of nitrogens with one attached hydrogen (secondary N) is 1. The molecule has 5 nitrogen and oxygen atoms in total. The largest absolute Gasteiger partial charge is 0.291 e. The molecule has 0 fully saturated rings. The minimum absolute atomic E-state index is 0.130. The number of ketones is 1. The van der Waals surface area contributed by atoms with E-state index in [0.29, 0.717) is 0 Å². The number of H-pyrrole nitrogens is 1. The molecule has 5 heteroatoms. The molecule has 1 N–H and O–H groups in total. The van der Waals surface area contributed by atoms with Crippen molar-refractivity contribution in [3.05, 3.63) is 5.82 Å². The van der Waals surface area contributed by atoms with Crippen molar-refractivity contribution in [2.45, 2.75) is 34.6 Å². The van der Waals surface area contributed by atoms with Gasteiger partial charge in [0.05, 0.1) is 0 Å². The van der Waals surface area contributed by atoms with Crippen molar-refractivity contribution >= 4 is 5.78 Å². The normalized spacial score (nSPS) is 7.08. The molecule has 0 bridgehead atoms. The highest BCUT2D eigenvalue weighted by Gasteiger charge is 2.00. The molecule has 1 aromatic rings. The van der Waals surface area contributed by atoms with Crippen LogP contribution < -0.4 is 0 Å². The zero-order valence-electron chi connectivity index (χ0n) is 8.25. The summed E-state index contributed by atoms with van der Waals surface area (Å²) in [6.07, 6.45) is 0. The Morgan fingerprint density at radius 2 is 1.75 bits per heavy atom. The molecule has 1 rings (SSSR count). The zero-order chi connectivity index (χ0) is 9.98. The summed E-state index contributed by atoms with van der Waals surface area (Å²) in [5.74, 6) is -0.0521. The van der Waals surface area contributed by atoms with E-state index < -0.39 is 0 Å². The summed E-state index contributed by atoms with van der Waals surface area (Å²) in [5.41, 5.74) is 0. The molecule has 1 heterocycles. The van der Waals surface area contributed by atoms with Gasteiger partial charge in [-0.05, 0) is 5.21 Å². The van der Waals surface area contributed by atoms with Crippen LogP contribution in [0.15, 0.2) is 0 Å². The summed E-state index contributed by atoms with van der Waals surface area (Å²) in [6.45, 7) is 9.38. The van der Waals surface area contributed by atoms with E-state index in [9.17, 15) is 4.79 Å². The molecule has 0 amide bonds. The minimum atomic E-state index is -0.182. The van der Waals surface area contributed by atoms with E-state index in [1.54, 1.807) is 0 Å². The number of carbonyl (C=O) groups is 1. The van der Waals surface area contributed by atoms with Gasteiger partial charge in [-0.2, -0.15) is 5.21 Å². The van der Waals surface area contributed by atoms with Gasteiger partial charge >= 0.3 is 0 Å². The average Bonchev–Trinajstić information content (AvgIpc) is 2.64. The van der Waals surface area contributed by atoms with Crippen LogP contribution in [0.2, 0.25) is 0 Å². The Bertz CT molecular complexity index is 183. The van der Waals surface area contributed by atoms with Gasteiger partial charge in [0, 0.05) is 6.92 Å². The van der Waals surface area contributed by atoms with Crippen LogP contribution in [0.3, 0.4) is 0 Å². The van der Waals surface area contributed by atoms with Crippen LogP contribution in [0, 0.1) is 0 Å². The third kappa shape index (κ3) is 5.52. The molecule has 0 radical (unpaired) electrons. The van der Waals surface area contributed by atoms with E-state index in [-0.39, 0.29) is 11.6 Å². The highest BCUT2D eigenvalue weighted by atomic mass is 16.1. The molecule has 0 spiro atoms. The van der Waals surface area contributed by atoms with Crippen molar-refractivity contribution in [1.82, 2.24) is 20.6 Å². The van der Waals surface area contributed by atoms with Crippen molar-refractivity contribution in [1.29, 1.82) is 0 Å². The molecular weight excluding hydrogens is 156 g/mol. The summed E-state index contributed by atoms with van der Waals surface area (Å²) in [7, 11) is 0. The number of tetrazole rings is 1. The maximum atomic E-state index is 10.3. The minimum Gasteiger partial charge on any atom is -0.291 e. The number of Topliss-reactive ketones (excluding diaryl/α,β-unsaturated/α-hetero) is 1. The predicted octanol–water partition coefficient (Wildman–Crippen LogP) is 1.45. The van der Waals surface area contributed by atoms with Gasteiger partial charge in [0.2, 0.25) is 11.6 Å². The average molecular weight is 172 g/mol. The lowest BCUT2D eigenvalue weighted by atomic mass is 10.4. The smallest absolute Gasteiger partial charge is 0.239 e. The summed E-state index contributed by atoms with van der Waals surface area (Å²) in [4.78, 5) is 10.3. The molecule has 70 valence electrons. The van der Waals surface area contributed by atoms with Crippen molar-refractivity contribution in [3.8, 4) is 0 Å². The van der Waals surface area contributed by atoms with E-state index >= 15 is 0 Å². The van der Waals surface area contributed by atoms with Gasteiger partial charge in [0.15, 0.2) is 0 Å². The van der Waals surface area contributed by atoms with Gasteiger partial charge in [-0.25, -0.2) is 0 Å². The van der Waals surface area contributed by atoms with Gasteiger partial charge in [-0.15, -0.1) is 10.2 Å². The Morgan fingerprint density at radius 3 is 1.92 bits per heavy atom. The van der Waals surface area contributed by atoms with Crippen molar-refractivity contribution in [2.24, 2.45) is 0 Å². The molecule has 0 aliphatic heterocycles. The predicted molar refractivity (Wildman–Crippen MR) is 46.9 cm³/mol. The first kappa shape index (κ1) is 13.3. The first-order valence-corrected chi connectivity index (χ1v) is 4.05. The van der Waals surface area contributed by atoms with Gasteiger partial charge in [0.1, 0.15) is 0 Å². The monoisotopic (exact) mass is 172 g/mol. The second-order valence-electron chi connectivity index (χ2n) is 1.29. The highest BCUT2D eigenvalue weighted by molar-refractivity contribution is 5.89.